The van der Waals surface area contributed by atoms with Crippen LogP contribution in [0.15, 0.2) is 67.0 Å². The number of carbonyl (C=O) groups excluding carboxylic acids is 2. The van der Waals surface area contributed by atoms with E-state index in [9.17, 15) is 14.0 Å². The summed E-state index contributed by atoms with van der Waals surface area (Å²) in [7, 11) is 1.80. The molecule has 0 spiro atoms. The van der Waals surface area contributed by atoms with E-state index in [1.54, 1.807) is 73.4 Å². The third-order valence-corrected chi connectivity index (χ3v) is 4.44. The Kier molecular flexibility index (Phi) is 7.16. The molecule has 2 amide bonds. The number of ether oxygens (including phenoxy) is 1. The Morgan fingerprint density at radius 2 is 2.00 bits per heavy atom. The predicted octanol–water partition coefficient (Wildman–Crippen LogP) is 4.05. The van der Waals surface area contributed by atoms with Gasteiger partial charge in [0, 0.05) is 31.2 Å². The molecule has 8 heteroatoms. The van der Waals surface area contributed by atoms with Crippen molar-refractivity contribution < 1.29 is 18.7 Å². The number of esters is 1. The number of hydrogen-bond acceptors (Lipinski definition) is 4. The van der Waals surface area contributed by atoms with Crippen LogP contribution in [0, 0.1) is 5.82 Å². The number of urea groups is 1. The summed E-state index contributed by atoms with van der Waals surface area (Å²) in [6.07, 6.45) is 6.34. The molecular weight excluding hydrogens is 399 g/mol. The van der Waals surface area contributed by atoms with Gasteiger partial charge in [-0.25, -0.2) is 19.0 Å². The van der Waals surface area contributed by atoms with E-state index in [0.29, 0.717) is 23.7 Å². The highest BCUT2D eigenvalue weighted by Crippen LogP contribution is 2.21. The lowest BCUT2D eigenvalue weighted by Crippen LogP contribution is -2.34. The highest BCUT2D eigenvalue weighted by Gasteiger charge is 2.21. The standard InChI is InChI=1S/C23H23FN4O3/c1-3-31-20(29)12-9-16-7-10-19(11-8-16)26-23(30)27-21(22-25-13-14-28(22)2)17-5-4-6-18(24)15-17/h4-15,21H,3H2,1-2H3,(H2,26,27,30)/b12-9-/t21-/m0/s1. The lowest BCUT2D eigenvalue weighted by atomic mass is 10.1. The summed E-state index contributed by atoms with van der Waals surface area (Å²) in [6.45, 7) is 2.06. The van der Waals surface area contributed by atoms with Gasteiger partial charge in [0.1, 0.15) is 17.7 Å². The first kappa shape index (κ1) is 21.8. The van der Waals surface area contributed by atoms with Crippen LogP contribution in [0.2, 0.25) is 0 Å². The van der Waals surface area contributed by atoms with Gasteiger partial charge in [-0.2, -0.15) is 0 Å². The van der Waals surface area contributed by atoms with Gasteiger partial charge in [-0.3, -0.25) is 0 Å². The van der Waals surface area contributed by atoms with Crippen molar-refractivity contribution in [2.75, 3.05) is 11.9 Å². The van der Waals surface area contributed by atoms with Crippen molar-refractivity contribution in [3.63, 3.8) is 0 Å². The number of amides is 2. The van der Waals surface area contributed by atoms with Crippen LogP contribution >= 0.6 is 0 Å². The average Bonchev–Trinajstić information content (AvgIpc) is 3.17. The van der Waals surface area contributed by atoms with Gasteiger partial charge in [-0.15, -0.1) is 0 Å². The fraction of sp³-hybridized carbons (Fsp3) is 0.174. The third kappa shape index (κ3) is 6.02. The van der Waals surface area contributed by atoms with Crippen LogP contribution in [-0.4, -0.2) is 28.2 Å². The van der Waals surface area contributed by atoms with Gasteiger partial charge in [0.25, 0.3) is 0 Å². The quantitative estimate of drug-likeness (QED) is 0.444. The van der Waals surface area contributed by atoms with E-state index in [1.807, 2.05) is 0 Å². The van der Waals surface area contributed by atoms with E-state index in [4.69, 9.17) is 4.74 Å². The Morgan fingerprint density at radius 1 is 1.23 bits per heavy atom. The zero-order valence-corrected chi connectivity index (χ0v) is 17.2. The number of rotatable bonds is 7. The van der Waals surface area contributed by atoms with Gasteiger partial charge >= 0.3 is 12.0 Å². The van der Waals surface area contributed by atoms with Gasteiger partial charge in [0.15, 0.2) is 0 Å². The monoisotopic (exact) mass is 422 g/mol. The van der Waals surface area contributed by atoms with E-state index in [0.717, 1.165) is 5.56 Å². The number of carbonyl (C=O) groups is 2. The van der Waals surface area contributed by atoms with Gasteiger partial charge in [-0.1, -0.05) is 24.3 Å². The van der Waals surface area contributed by atoms with Crippen molar-refractivity contribution in [3.8, 4) is 0 Å². The van der Waals surface area contributed by atoms with E-state index in [2.05, 4.69) is 15.6 Å². The first-order chi connectivity index (χ1) is 15.0. The normalized spacial score (nSPS) is 11.8. The van der Waals surface area contributed by atoms with Crippen LogP contribution in [0.5, 0.6) is 0 Å². The Labute approximate surface area is 179 Å². The largest absolute Gasteiger partial charge is 0.463 e. The number of aromatic nitrogens is 2. The second-order valence-electron chi connectivity index (χ2n) is 6.69. The van der Waals surface area contributed by atoms with Crippen LogP contribution in [0.1, 0.15) is 29.9 Å². The average molecular weight is 422 g/mol. The number of aryl methyl sites for hydroxylation is 1. The van der Waals surface area contributed by atoms with Crippen LogP contribution in [0.4, 0.5) is 14.9 Å². The van der Waals surface area contributed by atoms with Gasteiger partial charge in [0.05, 0.1) is 6.61 Å². The number of halogens is 1. The second-order valence-corrected chi connectivity index (χ2v) is 6.69. The Bertz CT molecular complexity index is 1080. The first-order valence-electron chi connectivity index (χ1n) is 9.71. The van der Waals surface area contributed by atoms with Crippen molar-refractivity contribution in [2.45, 2.75) is 13.0 Å². The van der Waals surface area contributed by atoms with Gasteiger partial charge in [-0.05, 0) is 48.4 Å². The fourth-order valence-electron chi connectivity index (χ4n) is 2.97. The maximum Gasteiger partial charge on any atom is 0.330 e. The van der Waals surface area contributed by atoms with E-state index < -0.39 is 23.9 Å². The lowest BCUT2D eigenvalue weighted by Gasteiger charge is -2.19. The number of anilines is 1. The van der Waals surface area contributed by atoms with Crippen molar-refractivity contribution in [1.29, 1.82) is 0 Å². The highest BCUT2D eigenvalue weighted by molar-refractivity contribution is 5.90. The maximum atomic E-state index is 13.8. The zero-order chi connectivity index (χ0) is 22.2. The molecule has 160 valence electrons. The van der Waals surface area contributed by atoms with Crippen LogP contribution in [0.25, 0.3) is 6.08 Å². The molecule has 0 aliphatic heterocycles. The summed E-state index contributed by atoms with van der Waals surface area (Å²) >= 11 is 0. The molecular formula is C23H23FN4O3. The Hall–Kier alpha value is -3.94. The molecule has 7 nitrogen and oxygen atoms in total. The molecule has 0 aliphatic carbocycles. The summed E-state index contributed by atoms with van der Waals surface area (Å²) < 4.78 is 20.4. The molecule has 0 unspecified atom stereocenters. The topological polar surface area (TPSA) is 85.2 Å². The molecule has 2 aromatic carbocycles. The SMILES string of the molecule is CCOC(=O)/C=C\c1ccc(NC(=O)N[C@@H](c2cccc(F)c2)c2nccn2C)cc1. The number of nitrogens with zero attached hydrogens (tertiary/aromatic N) is 2. The van der Waals surface area contributed by atoms with Crippen molar-refractivity contribution >= 4 is 23.8 Å². The lowest BCUT2D eigenvalue weighted by molar-refractivity contribution is -0.137. The first-order valence-corrected chi connectivity index (χ1v) is 9.71. The molecule has 0 fully saturated rings. The number of nitrogens with one attached hydrogen (secondary N) is 2. The van der Waals surface area contributed by atoms with E-state index >= 15 is 0 Å². The summed E-state index contributed by atoms with van der Waals surface area (Å²) in [4.78, 5) is 28.3. The van der Waals surface area contributed by atoms with Crippen molar-refractivity contribution in [2.24, 2.45) is 7.05 Å². The number of benzene rings is 2. The zero-order valence-electron chi connectivity index (χ0n) is 17.2. The predicted molar refractivity (Wildman–Crippen MR) is 116 cm³/mol. The molecule has 0 saturated heterocycles. The molecule has 3 rings (SSSR count). The molecule has 0 bridgehead atoms. The minimum atomic E-state index is -0.637. The maximum absolute atomic E-state index is 13.8. The number of hydrogen-bond donors (Lipinski definition) is 2. The summed E-state index contributed by atoms with van der Waals surface area (Å²) in [5.74, 6) is -0.243. The van der Waals surface area contributed by atoms with Gasteiger partial charge < -0.3 is 19.9 Å². The summed E-state index contributed by atoms with van der Waals surface area (Å²) in [6, 6.07) is 11.9. The molecule has 1 heterocycles. The fourth-order valence-corrected chi connectivity index (χ4v) is 2.97. The highest BCUT2D eigenvalue weighted by atomic mass is 19.1. The molecule has 3 aromatic rings. The van der Waals surface area contributed by atoms with E-state index in [-0.39, 0.29) is 0 Å². The Balaban J connectivity index is 1.70. The minimum Gasteiger partial charge on any atom is -0.463 e. The summed E-state index contributed by atoms with van der Waals surface area (Å²) in [5, 5.41) is 5.60. The molecule has 1 aromatic heterocycles. The van der Waals surface area contributed by atoms with Crippen molar-refractivity contribution in [1.82, 2.24) is 14.9 Å². The van der Waals surface area contributed by atoms with Crippen LogP contribution in [0.3, 0.4) is 0 Å². The molecule has 0 radical (unpaired) electrons. The minimum absolute atomic E-state index is 0.316. The van der Waals surface area contributed by atoms with Crippen molar-refractivity contribution in [3.05, 3.63) is 89.8 Å². The molecule has 2 N–H and O–H groups in total. The summed E-state index contributed by atoms with van der Waals surface area (Å²) in [5.41, 5.74) is 1.91. The Morgan fingerprint density at radius 3 is 2.65 bits per heavy atom. The molecule has 0 aliphatic rings. The second kappa shape index (κ2) is 10.2. The van der Waals surface area contributed by atoms with Crippen LogP contribution < -0.4 is 10.6 Å². The molecule has 0 saturated carbocycles. The number of imidazole rings is 1. The van der Waals surface area contributed by atoms with E-state index in [1.165, 1.54) is 18.2 Å². The van der Waals surface area contributed by atoms with Gasteiger partial charge in [0.2, 0.25) is 0 Å². The van der Waals surface area contributed by atoms with Crippen LogP contribution in [-0.2, 0) is 16.6 Å². The molecule has 1 atom stereocenters. The molecule has 31 heavy (non-hydrogen) atoms. The smallest absolute Gasteiger partial charge is 0.330 e. The third-order valence-electron chi connectivity index (χ3n) is 4.44.